The van der Waals surface area contributed by atoms with E-state index in [2.05, 4.69) is 10.2 Å². The van der Waals surface area contributed by atoms with Crippen molar-refractivity contribution in [2.45, 2.75) is 32.0 Å². The van der Waals surface area contributed by atoms with Crippen molar-refractivity contribution >= 4 is 23.2 Å². The van der Waals surface area contributed by atoms with E-state index in [-0.39, 0.29) is 0 Å². The quantitative estimate of drug-likeness (QED) is 0.769. The van der Waals surface area contributed by atoms with Crippen molar-refractivity contribution in [3.05, 3.63) is 63.6 Å². The molecule has 0 aromatic heterocycles. The van der Waals surface area contributed by atoms with Crippen molar-refractivity contribution in [3.8, 4) is 5.75 Å². The van der Waals surface area contributed by atoms with Gasteiger partial charge < -0.3 is 15.0 Å². The van der Waals surface area contributed by atoms with Crippen molar-refractivity contribution in [2.24, 2.45) is 5.92 Å². The Bertz CT molecular complexity index is 722. The molecule has 5 heteroatoms. The third-order valence-electron chi connectivity index (χ3n) is 5.51. The van der Waals surface area contributed by atoms with Gasteiger partial charge in [-0.15, -0.1) is 0 Å². The van der Waals surface area contributed by atoms with Crippen LogP contribution >= 0.6 is 23.2 Å². The molecule has 1 atom stereocenters. The molecule has 1 N–H and O–H groups in total. The summed E-state index contributed by atoms with van der Waals surface area (Å²) in [5.41, 5.74) is 2.19. The molecule has 0 radical (unpaired) electrons. The lowest BCUT2D eigenvalue weighted by Crippen LogP contribution is -2.55. The number of hydrogen-bond donors (Lipinski definition) is 1. The summed E-state index contributed by atoms with van der Waals surface area (Å²) in [5.74, 6) is 1.36. The van der Waals surface area contributed by atoms with Crippen molar-refractivity contribution in [1.82, 2.24) is 10.2 Å². The molecule has 0 saturated carbocycles. The Balaban J connectivity index is 1.37. The average molecular weight is 391 g/mol. The van der Waals surface area contributed by atoms with E-state index in [0.717, 1.165) is 30.1 Å². The maximum absolute atomic E-state index is 6.44. The highest BCUT2D eigenvalue weighted by molar-refractivity contribution is 6.37. The number of halogens is 2. The van der Waals surface area contributed by atoms with E-state index in [9.17, 15) is 0 Å². The number of nitrogens with one attached hydrogen (secondary N) is 1. The predicted octanol–water partition coefficient (Wildman–Crippen LogP) is 4.76. The minimum Gasteiger partial charge on any atom is -0.486 e. The van der Waals surface area contributed by atoms with Gasteiger partial charge in [-0.3, -0.25) is 0 Å². The number of nitrogens with zero attached hydrogens (tertiary/aromatic N) is 1. The number of fused-ring (bicyclic) bond motifs is 3. The Morgan fingerprint density at radius 2 is 1.69 bits per heavy atom. The average Bonchev–Trinajstić information content (AvgIpc) is 2.67. The first kappa shape index (κ1) is 18.1. The van der Waals surface area contributed by atoms with E-state index in [1.807, 2.05) is 42.5 Å². The standard InChI is InChI=1S/C21H24Cl2N2O/c22-18-10-16(12-24-20-13-25-8-6-17(20)7-9-25)11-19(23)21(18)26-14-15-4-2-1-3-5-15/h1-5,10-11,17,20,24H,6-9,12-14H2/t20-/m0/s1. The molecule has 3 aliphatic heterocycles. The van der Waals surface area contributed by atoms with Crippen LogP contribution in [0.4, 0.5) is 0 Å². The van der Waals surface area contributed by atoms with Crippen molar-refractivity contribution in [2.75, 3.05) is 19.6 Å². The van der Waals surface area contributed by atoms with Gasteiger partial charge in [-0.1, -0.05) is 53.5 Å². The highest BCUT2D eigenvalue weighted by Crippen LogP contribution is 2.35. The van der Waals surface area contributed by atoms with E-state index >= 15 is 0 Å². The molecule has 5 rings (SSSR count). The van der Waals surface area contributed by atoms with Gasteiger partial charge in [-0.25, -0.2) is 0 Å². The van der Waals surface area contributed by atoms with Gasteiger partial charge in [0.05, 0.1) is 10.0 Å². The molecule has 0 aliphatic carbocycles. The van der Waals surface area contributed by atoms with Crippen LogP contribution in [0.2, 0.25) is 10.0 Å². The van der Waals surface area contributed by atoms with Crippen LogP contribution in [0.1, 0.15) is 24.0 Å². The second-order valence-electron chi connectivity index (χ2n) is 7.29. The monoisotopic (exact) mass is 390 g/mol. The van der Waals surface area contributed by atoms with Gasteiger partial charge >= 0.3 is 0 Å². The molecule has 3 saturated heterocycles. The molecular formula is C21H24Cl2N2O. The molecule has 0 spiro atoms. The molecule has 3 aliphatic rings. The number of benzene rings is 2. The summed E-state index contributed by atoms with van der Waals surface area (Å²) in [5, 5.41) is 4.84. The molecule has 138 valence electrons. The Hall–Kier alpha value is -1.26. The van der Waals surface area contributed by atoms with Gasteiger partial charge in [0.25, 0.3) is 0 Å². The van der Waals surface area contributed by atoms with Gasteiger partial charge in [0, 0.05) is 19.1 Å². The SMILES string of the molecule is Clc1cc(CN[C@H]2CN3CCC2CC3)cc(Cl)c1OCc1ccccc1. The zero-order valence-electron chi connectivity index (χ0n) is 14.8. The largest absolute Gasteiger partial charge is 0.486 e. The fourth-order valence-corrected chi connectivity index (χ4v) is 4.67. The van der Waals surface area contributed by atoms with E-state index in [4.69, 9.17) is 27.9 Å². The maximum Gasteiger partial charge on any atom is 0.156 e. The Labute approximate surface area is 165 Å². The first-order chi connectivity index (χ1) is 12.7. The molecule has 3 nitrogen and oxygen atoms in total. The second-order valence-corrected chi connectivity index (χ2v) is 8.10. The number of hydrogen-bond acceptors (Lipinski definition) is 3. The fourth-order valence-electron chi connectivity index (χ4n) is 4.03. The molecule has 3 heterocycles. The lowest BCUT2D eigenvalue weighted by molar-refractivity contribution is 0.0720. The summed E-state index contributed by atoms with van der Waals surface area (Å²) in [6, 6.07) is 14.5. The van der Waals surface area contributed by atoms with E-state index in [1.165, 1.54) is 25.9 Å². The van der Waals surface area contributed by atoms with Crippen LogP contribution in [-0.4, -0.2) is 30.6 Å². The fraction of sp³-hybridized carbons (Fsp3) is 0.429. The smallest absolute Gasteiger partial charge is 0.156 e. The first-order valence-electron chi connectivity index (χ1n) is 9.29. The normalized spacial score (nSPS) is 24.6. The molecule has 0 amide bonds. The highest BCUT2D eigenvalue weighted by atomic mass is 35.5. The first-order valence-corrected chi connectivity index (χ1v) is 10.0. The molecule has 26 heavy (non-hydrogen) atoms. The molecule has 3 fully saturated rings. The van der Waals surface area contributed by atoms with Crippen LogP contribution in [0.3, 0.4) is 0 Å². The Morgan fingerprint density at radius 1 is 1.00 bits per heavy atom. The van der Waals surface area contributed by atoms with Crippen LogP contribution in [0.25, 0.3) is 0 Å². The molecular weight excluding hydrogens is 367 g/mol. The van der Waals surface area contributed by atoms with E-state index in [1.54, 1.807) is 0 Å². The lowest BCUT2D eigenvalue weighted by Gasteiger charge is -2.45. The molecule has 2 aromatic rings. The van der Waals surface area contributed by atoms with Gasteiger partial charge in [0.2, 0.25) is 0 Å². The topological polar surface area (TPSA) is 24.5 Å². The van der Waals surface area contributed by atoms with Crippen LogP contribution in [0.5, 0.6) is 5.75 Å². The zero-order chi connectivity index (χ0) is 17.9. The van der Waals surface area contributed by atoms with Crippen LogP contribution in [0, 0.1) is 5.92 Å². The number of ether oxygens (including phenoxy) is 1. The minimum atomic E-state index is 0.456. The van der Waals surface area contributed by atoms with Crippen molar-refractivity contribution < 1.29 is 4.74 Å². The van der Waals surface area contributed by atoms with Crippen LogP contribution in [-0.2, 0) is 13.2 Å². The van der Waals surface area contributed by atoms with E-state index in [0.29, 0.717) is 28.4 Å². The van der Waals surface area contributed by atoms with Gasteiger partial charge in [0.1, 0.15) is 6.61 Å². The lowest BCUT2D eigenvalue weighted by atomic mass is 9.84. The summed E-state index contributed by atoms with van der Waals surface area (Å²) >= 11 is 12.9. The van der Waals surface area contributed by atoms with Crippen LogP contribution in [0.15, 0.2) is 42.5 Å². The Morgan fingerprint density at radius 3 is 2.31 bits per heavy atom. The van der Waals surface area contributed by atoms with Crippen molar-refractivity contribution in [3.63, 3.8) is 0 Å². The number of rotatable bonds is 6. The Kier molecular flexibility index (Phi) is 5.70. The van der Waals surface area contributed by atoms with Gasteiger partial charge in [-0.2, -0.15) is 0 Å². The second kappa shape index (κ2) is 8.18. The predicted molar refractivity (Wildman–Crippen MR) is 107 cm³/mol. The summed E-state index contributed by atoms with van der Waals surface area (Å²) in [6.07, 6.45) is 2.62. The number of piperidine rings is 3. The third kappa shape index (κ3) is 4.17. The van der Waals surface area contributed by atoms with Gasteiger partial charge in [0.15, 0.2) is 5.75 Å². The van der Waals surface area contributed by atoms with E-state index < -0.39 is 0 Å². The minimum absolute atomic E-state index is 0.456. The van der Waals surface area contributed by atoms with Crippen molar-refractivity contribution in [1.29, 1.82) is 0 Å². The highest BCUT2D eigenvalue weighted by Gasteiger charge is 2.33. The van der Waals surface area contributed by atoms with Gasteiger partial charge in [-0.05, 0) is 55.1 Å². The third-order valence-corrected chi connectivity index (χ3v) is 6.07. The summed E-state index contributed by atoms with van der Waals surface area (Å²) in [6.45, 7) is 4.91. The molecule has 0 unspecified atom stereocenters. The zero-order valence-corrected chi connectivity index (χ0v) is 16.3. The maximum atomic E-state index is 6.44. The summed E-state index contributed by atoms with van der Waals surface area (Å²) in [4.78, 5) is 2.55. The summed E-state index contributed by atoms with van der Waals surface area (Å²) < 4.78 is 5.85. The van der Waals surface area contributed by atoms with Crippen LogP contribution < -0.4 is 10.1 Å². The molecule has 2 aromatic carbocycles. The summed E-state index contributed by atoms with van der Waals surface area (Å²) in [7, 11) is 0. The molecule has 2 bridgehead atoms.